The quantitative estimate of drug-likeness (QED) is 0.765. The first kappa shape index (κ1) is 18.2. The second-order valence-corrected chi connectivity index (χ2v) is 7.80. The molecule has 2 atom stereocenters. The van der Waals surface area contributed by atoms with E-state index in [0.717, 1.165) is 12.8 Å². The summed E-state index contributed by atoms with van der Waals surface area (Å²) in [5, 5.41) is 0. The first-order valence-corrected chi connectivity index (χ1v) is 9.97. The van der Waals surface area contributed by atoms with E-state index in [1.54, 1.807) is 18.2 Å². The largest absolute Gasteiger partial charge is 0.321 e. The maximum atomic E-state index is 14.5. The molecule has 8 heteroatoms. The normalized spacial score (nSPS) is 18.7. The standard InChI is InChI=1S/C19H19F2N3O2S/c20-14-4-2-5-15(21)18(14)24-9-13-12(10-27(25)26)3-1-6-16(13)23-19(24)17(22)11-7-8-11/h1-6,11,17H,7-10,22H2,(H,25,26)/t17-/m0/s1. The van der Waals surface area contributed by atoms with Crippen molar-refractivity contribution in [3.63, 3.8) is 0 Å². The summed E-state index contributed by atoms with van der Waals surface area (Å²) >= 11 is -2.03. The van der Waals surface area contributed by atoms with Gasteiger partial charge in [0.1, 0.15) is 23.2 Å². The number of hydrogen-bond acceptors (Lipinski definition) is 4. The lowest BCUT2D eigenvalue weighted by atomic mass is 10.0. The minimum Gasteiger partial charge on any atom is -0.321 e. The van der Waals surface area contributed by atoms with Gasteiger partial charge in [-0.3, -0.25) is 0 Å². The summed E-state index contributed by atoms with van der Waals surface area (Å²) in [6.45, 7) is 0.139. The monoisotopic (exact) mass is 391 g/mol. The number of aliphatic imine (C=N–C) groups is 1. The van der Waals surface area contributed by atoms with Crippen LogP contribution in [0, 0.1) is 17.6 Å². The van der Waals surface area contributed by atoms with Crippen LogP contribution in [-0.4, -0.2) is 20.6 Å². The lowest BCUT2D eigenvalue weighted by Gasteiger charge is -2.34. The topological polar surface area (TPSA) is 78.9 Å². The van der Waals surface area contributed by atoms with Crippen LogP contribution < -0.4 is 10.6 Å². The molecular formula is C19H19F2N3O2S. The van der Waals surface area contributed by atoms with E-state index in [4.69, 9.17) is 5.73 Å². The van der Waals surface area contributed by atoms with Crippen LogP contribution >= 0.6 is 0 Å². The third-order valence-corrected chi connectivity index (χ3v) is 5.55. The highest BCUT2D eigenvalue weighted by Crippen LogP contribution is 2.39. The molecule has 2 aromatic rings. The van der Waals surface area contributed by atoms with E-state index in [0.29, 0.717) is 22.6 Å². The molecule has 1 heterocycles. The molecule has 142 valence electrons. The molecule has 2 aromatic carbocycles. The number of hydrogen-bond donors (Lipinski definition) is 2. The fraction of sp³-hybridized carbons (Fsp3) is 0.316. The molecule has 0 spiro atoms. The second kappa shape index (κ2) is 7.10. The van der Waals surface area contributed by atoms with E-state index < -0.39 is 28.8 Å². The van der Waals surface area contributed by atoms with Crippen molar-refractivity contribution in [2.75, 3.05) is 4.90 Å². The molecule has 1 unspecified atom stereocenters. The van der Waals surface area contributed by atoms with Crippen molar-refractivity contribution in [2.24, 2.45) is 16.6 Å². The van der Waals surface area contributed by atoms with Crippen LogP contribution in [0.1, 0.15) is 24.0 Å². The lowest BCUT2D eigenvalue weighted by molar-refractivity contribution is 0.562. The zero-order valence-electron chi connectivity index (χ0n) is 14.4. The summed E-state index contributed by atoms with van der Waals surface area (Å²) in [5.74, 6) is -0.794. The van der Waals surface area contributed by atoms with Crippen molar-refractivity contribution in [2.45, 2.75) is 31.2 Å². The van der Waals surface area contributed by atoms with Gasteiger partial charge in [-0.25, -0.2) is 18.0 Å². The first-order chi connectivity index (χ1) is 13.0. The highest BCUT2D eigenvalue weighted by Gasteiger charge is 2.38. The molecule has 1 fully saturated rings. The van der Waals surface area contributed by atoms with Crippen LogP contribution in [0.15, 0.2) is 41.4 Å². The molecule has 3 N–H and O–H groups in total. The third kappa shape index (κ3) is 3.52. The van der Waals surface area contributed by atoms with Gasteiger partial charge in [-0.15, -0.1) is 0 Å². The summed E-state index contributed by atoms with van der Waals surface area (Å²) < 4.78 is 49.6. The molecular weight excluding hydrogens is 372 g/mol. The smallest absolute Gasteiger partial charge is 0.157 e. The predicted octanol–water partition coefficient (Wildman–Crippen LogP) is 3.47. The van der Waals surface area contributed by atoms with Crippen molar-refractivity contribution in [1.82, 2.24) is 0 Å². The highest BCUT2D eigenvalue weighted by molar-refractivity contribution is 7.78. The molecule has 4 rings (SSSR count). The number of para-hydroxylation sites is 1. The van der Waals surface area contributed by atoms with Crippen LogP contribution in [0.25, 0.3) is 0 Å². The van der Waals surface area contributed by atoms with Crippen LogP contribution in [0.4, 0.5) is 20.2 Å². The first-order valence-electron chi connectivity index (χ1n) is 8.69. The van der Waals surface area contributed by atoms with Crippen LogP contribution in [0.3, 0.4) is 0 Å². The van der Waals surface area contributed by atoms with Gasteiger partial charge in [0.2, 0.25) is 0 Å². The number of anilines is 1. The Morgan fingerprint density at radius 3 is 2.52 bits per heavy atom. The predicted molar refractivity (Wildman–Crippen MR) is 101 cm³/mol. The van der Waals surface area contributed by atoms with Crippen LogP contribution in [0.5, 0.6) is 0 Å². The zero-order valence-corrected chi connectivity index (χ0v) is 15.3. The Morgan fingerprint density at radius 2 is 1.89 bits per heavy atom. The molecule has 1 saturated carbocycles. The summed E-state index contributed by atoms with van der Waals surface area (Å²) in [4.78, 5) is 6.09. The van der Waals surface area contributed by atoms with Gasteiger partial charge in [-0.1, -0.05) is 18.2 Å². The van der Waals surface area contributed by atoms with Crippen LogP contribution in [0.2, 0.25) is 0 Å². The van der Waals surface area contributed by atoms with Gasteiger partial charge in [0.15, 0.2) is 11.1 Å². The van der Waals surface area contributed by atoms with E-state index in [1.165, 1.54) is 23.1 Å². The zero-order chi connectivity index (χ0) is 19.1. The van der Waals surface area contributed by atoms with Gasteiger partial charge < -0.3 is 15.2 Å². The molecule has 0 bridgehead atoms. The minimum absolute atomic E-state index is 0.0731. The number of nitrogens with two attached hydrogens (primary N) is 1. The Hall–Kier alpha value is -2.16. The number of halogens is 2. The van der Waals surface area contributed by atoms with Gasteiger partial charge in [0.25, 0.3) is 0 Å². The number of rotatable bonds is 5. The van der Waals surface area contributed by atoms with E-state index in [1.807, 2.05) is 0 Å². The third-order valence-electron chi connectivity index (χ3n) is 4.99. The van der Waals surface area contributed by atoms with Gasteiger partial charge in [0, 0.05) is 5.56 Å². The number of benzene rings is 2. The minimum atomic E-state index is -2.03. The molecule has 0 saturated heterocycles. The van der Waals surface area contributed by atoms with E-state index in [-0.39, 0.29) is 23.9 Å². The summed E-state index contributed by atoms with van der Waals surface area (Å²) in [7, 11) is 0. The fourth-order valence-electron chi connectivity index (χ4n) is 3.46. The maximum Gasteiger partial charge on any atom is 0.157 e. The maximum absolute atomic E-state index is 14.5. The van der Waals surface area contributed by atoms with Crippen molar-refractivity contribution < 1.29 is 17.5 Å². The number of nitrogens with zero attached hydrogens (tertiary/aromatic N) is 2. The SMILES string of the molecule is N[C@H](C1=Nc2cccc(CS(=O)O)c2CN1c1c(F)cccc1F)C1CC1. The van der Waals surface area contributed by atoms with Gasteiger partial charge in [-0.2, -0.15) is 0 Å². The summed E-state index contributed by atoms with van der Waals surface area (Å²) in [6, 6.07) is 8.55. The molecule has 1 aliphatic heterocycles. The average molecular weight is 391 g/mol. The van der Waals surface area contributed by atoms with Crippen molar-refractivity contribution in [3.8, 4) is 0 Å². The Balaban J connectivity index is 1.85. The Morgan fingerprint density at radius 1 is 1.22 bits per heavy atom. The van der Waals surface area contributed by atoms with Gasteiger partial charge >= 0.3 is 0 Å². The molecule has 5 nitrogen and oxygen atoms in total. The average Bonchev–Trinajstić information content (AvgIpc) is 3.45. The van der Waals surface area contributed by atoms with Crippen molar-refractivity contribution >= 4 is 28.3 Å². The van der Waals surface area contributed by atoms with Crippen molar-refractivity contribution in [1.29, 1.82) is 0 Å². The molecule has 0 amide bonds. The summed E-state index contributed by atoms with van der Waals surface area (Å²) in [5.41, 5.74) is 8.08. The second-order valence-electron chi connectivity index (χ2n) is 6.87. The molecule has 27 heavy (non-hydrogen) atoms. The molecule has 1 aliphatic carbocycles. The van der Waals surface area contributed by atoms with Crippen molar-refractivity contribution in [3.05, 3.63) is 59.2 Å². The Kier molecular flexibility index (Phi) is 4.79. The molecule has 2 aliphatic rings. The summed E-state index contributed by atoms with van der Waals surface area (Å²) in [6.07, 6.45) is 1.92. The molecule has 0 radical (unpaired) electrons. The molecule has 0 aromatic heterocycles. The van der Waals surface area contributed by atoms with E-state index >= 15 is 0 Å². The van der Waals surface area contributed by atoms with E-state index in [9.17, 15) is 17.5 Å². The highest BCUT2D eigenvalue weighted by atomic mass is 32.2. The van der Waals surface area contributed by atoms with E-state index in [2.05, 4.69) is 4.99 Å². The van der Waals surface area contributed by atoms with Gasteiger partial charge in [-0.05, 0) is 42.5 Å². The number of fused-ring (bicyclic) bond motifs is 1. The Bertz CT molecular complexity index is 926. The van der Waals surface area contributed by atoms with Gasteiger partial charge in [0.05, 0.1) is 24.0 Å². The lowest BCUT2D eigenvalue weighted by Crippen LogP contribution is -2.47. The fourth-order valence-corrected chi connectivity index (χ4v) is 4.00. The van der Waals surface area contributed by atoms with Crippen LogP contribution in [-0.2, 0) is 23.4 Å². The number of amidine groups is 1. The Labute approximate surface area is 158 Å².